The van der Waals surface area contributed by atoms with E-state index in [-0.39, 0.29) is 0 Å². The molecule has 0 aliphatic carbocycles. The summed E-state index contributed by atoms with van der Waals surface area (Å²) < 4.78 is 0.854. The average molecular weight is 233 g/mol. The van der Waals surface area contributed by atoms with Crippen LogP contribution in [-0.4, -0.2) is 4.98 Å². The highest BCUT2D eigenvalue weighted by Gasteiger charge is 1.95. The van der Waals surface area contributed by atoms with Crippen molar-refractivity contribution in [1.29, 1.82) is 0 Å². The molecule has 0 amide bonds. The summed E-state index contributed by atoms with van der Waals surface area (Å²) in [6, 6.07) is 15.0. The van der Waals surface area contributed by atoms with E-state index >= 15 is 0 Å². The molecule has 0 N–H and O–H groups in total. The minimum absolute atomic E-state index is 0.854. The summed E-state index contributed by atoms with van der Waals surface area (Å²) in [6.45, 7) is 0. The number of halogens is 1. The fourth-order valence-corrected chi connectivity index (χ4v) is 1.34. The molecule has 1 heterocycles. The third-order valence-electron chi connectivity index (χ3n) is 1.75. The quantitative estimate of drug-likeness (QED) is 0.688. The molecule has 1 radical (unpaired) electrons. The first kappa shape index (κ1) is 8.45. The van der Waals surface area contributed by atoms with Crippen LogP contribution in [0.5, 0.6) is 0 Å². The van der Waals surface area contributed by atoms with Gasteiger partial charge in [-0.05, 0) is 33.6 Å². The second-order valence-electron chi connectivity index (χ2n) is 2.65. The summed E-state index contributed by atoms with van der Waals surface area (Å²) in [5, 5.41) is 0. The summed E-state index contributed by atoms with van der Waals surface area (Å²) in [7, 11) is 0. The minimum Gasteiger partial charge on any atom is -0.249 e. The number of hydrogen-bond donors (Lipinski definition) is 0. The molecule has 2 heteroatoms. The van der Waals surface area contributed by atoms with Crippen molar-refractivity contribution in [1.82, 2.24) is 4.98 Å². The van der Waals surface area contributed by atoms with E-state index < -0.39 is 0 Å². The Hall–Kier alpha value is -1.15. The van der Waals surface area contributed by atoms with Crippen LogP contribution in [0.4, 0.5) is 0 Å². The van der Waals surface area contributed by atoms with Crippen molar-refractivity contribution in [2.75, 3.05) is 0 Å². The smallest absolute Gasteiger partial charge is 0.106 e. The predicted octanol–water partition coefficient (Wildman–Crippen LogP) is 3.31. The molecule has 2 aromatic rings. The molecule has 0 atom stereocenters. The summed E-state index contributed by atoms with van der Waals surface area (Å²) >= 11 is 3.30. The number of aromatic nitrogens is 1. The first-order chi connectivity index (χ1) is 6.36. The van der Waals surface area contributed by atoms with Crippen LogP contribution in [0, 0.1) is 6.07 Å². The molecule has 63 valence electrons. The first-order valence-corrected chi connectivity index (χ1v) is 4.74. The van der Waals surface area contributed by atoms with Gasteiger partial charge in [0.05, 0.1) is 0 Å². The largest absolute Gasteiger partial charge is 0.249 e. The first-order valence-electron chi connectivity index (χ1n) is 3.95. The van der Waals surface area contributed by atoms with Gasteiger partial charge in [0.2, 0.25) is 0 Å². The lowest BCUT2D eigenvalue weighted by molar-refractivity contribution is 1.28. The van der Waals surface area contributed by atoms with E-state index in [4.69, 9.17) is 0 Å². The number of rotatable bonds is 1. The third kappa shape index (κ3) is 1.95. The van der Waals surface area contributed by atoms with Crippen molar-refractivity contribution in [2.24, 2.45) is 0 Å². The van der Waals surface area contributed by atoms with Crippen molar-refractivity contribution in [3.8, 4) is 11.1 Å². The Morgan fingerprint density at radius 3 is 2.69 bits per heavy atom. The molecule has 0 spiro atoms. The van der Waals surface area contributed by atoms with E-state index in [1.54, 1.807) is 0 Å². The molecule has 0 saturated heterocycles. The molecule has 0 saturated carbocycles. The third-order valence-corrected chi connectivity index (χ3v) is 2.22. The van der Waals surface area contributed by atoms with Crippen LogP contribution in [0.15, 0.2) is 47.2 Å². The van der Waals surface area contributed by atoms with Gasteiger partial charge in [0, 0.05) is 11.8 Å². The van der Waals surface area contributed by atoms with Gasteiger partial charge in [0.25, 0.3) is 0 Å². The molecule has 0 aliphatic rings. The normalized spacial score (nSPS) is 9.92. The van der Waals surface area contributed by atoms with Crippen LogP contribution in [0.2, 0.25) is 0 Å². The Labute approximate surface area is 85.6 Å². The van der Waals surface area contributed by atoms with Gasteiger partial charge < -0.3 is 0 Å². The zero-order valence-corrected chi connectivity index (χ0v) is 8.45. The lowest BCUT2D eigenvalue weighted by Gasteiger charge is -1.98. The Bertz CT molecular complexity index is 381. The van der Waals surface area contributed by atoms with E-state index in [9.17, 15) is 0 Å². The Kier molecular flexibility index (Phi) is 2.41. The molecular formula is C11H7BrN. The topological polar surface area (TPSA) is 12.9 Å². The van der Waals surface area contributed by atoms with Crippen molar-refractivity contribution in [3.63, 3.8) is 0 Å². The number of nitrogens with zero attached hydrogens (tertiary/aromatic N) is 1. The van der Waals surface area contributed by atoms with Crippen LogP contribution in [0.1, 0.15) is 0 Å². The number of pyridine rings is 1. The van der Waals surface area contributed by atoms with Crippen molar-refractivity contribution < 1.29 is 0 Å². The van der Waals surface area contributed by atoms with Crippen LogP contribution < -0.4 is 0 Å². The zero-order valence-electron chi connectivity index (χ0n) is 6.87. The Morgan fingerprint density at radius 2 is 2.08 bits per heavy atom. The molecule has 1 nitrogen and oxygen atoms in total. The molecule has 1 aromatic carbocycles. The van der Waals surface area contributed by atoms with Crippen LogP contribution >= 0.6 is 15.9 Å². The van der Waals surface area contributed by atoms with Gasteiger partial charge in [0.1, 0.15) is 4.60 Å². The summed E-state index contributed by atoms with van der Waals surface area (Å²) in [4.78, 5) is 4.15. The van der Waals surface area contributed by atoms with E-state index in [1.165, 1.54) is 0 Å². The number of hydrogen-bond acceptors (Lipinski definition) is 1. The second kappa shape index (κ2) is 3.71. The van der Waals surface area contributed by atoms with E-state index in [1.807, 2.05) is 42.6 Å². The standard InChI is InChI=1S/C11H7BrN/c12-11-7-6-10(8-13-11)9-4-2-1-3-5-9/h1-4,6-8H. The van der Waals surface area contributed by atoms with Crippen molar-refractivity contribution in [2.45, 2.75) is 0 Å². The van der Waals surface area contributed by atoms with Crippen LogP contribution in [0.25, 0.3) is 11.1 Å². The highest BCUT2D eigenvalue weighted by Crippen LogP contribution is 2.18. The molecule has 0 aliphatic heterocycles. The monoisotopic (exact) mass is 232 g/mol. The summed E-state index contributed by atoms with van der Waals surface area (Å²) in [5.41, 5.74) is 2.16. The Balaban J connectivity index is 2.42. The zero-order chi connectivity index (χ0) is 9.10. The van der Waals surface area contributed by atoms with Gasteiger partial charge in [-0.2, -0.15) is 0 Å². The van der Waals surface area contributed by atoms with Gasteiger partial charge in [-0.3, -0.25) is 0 Å². The SMILES string of the molecule is Brc1ccc(-c2[c]cccc2)cn1. The maximum atomic E-state index is 4.15. The van der Waals surface area contributed by atoms with Crippen LogP contribution in [-0.2, 0) is 0 Å². The molecular weight excluding hydrogens is 226 g/mol. The average Bonchev–Trinajstić information content (AvgIpc) is 2.20. The van der Waals surface area contributed by atoms with Crippen LogP contribution in [0.3, 0.4) is 0 Å². The van der Waals surface area contributed by atoms with E-state index in [0.29, 0.717) is 0 Å². The van der Waals surface area contributed by atoms with Crippen molar-refractivity contribution >= 4 is 15.9 Å². The fraction of sp³-hybridized carbons (Fsp3) is 0. The predicted molar refractivity (Wildman–Crippen MR) is 56.2 cm³/mol. The summed E-state index contributed by atoms with van der Waals surface area (Å²) in [6.07, 6.45) is 1.83. The van der Waals surface area contributed by atoms with Gasteiger partial charge in [0.15, 0.2) is 0 Å². The summed E-state index contributed by atoms with van der Waals surface area (Å²) in [5.74, 6) is 0. The second-order valence-corrected chi connectivity index (χ2v) is 3.46. The molecule has 13 heavy (non-hydrogen) atoms. The highest BCUT2D eigenvalue weighted by molar-refractivity contribution is 9.10. The molecule has 0 fully saturated rings. The van der Waals surface area contributed by atoms with Gasteiger partial charge in [-0.15, -0.1) is 0 Å². The molecule has 2 rings (SSSR count). The molecule has 0 bridgehead atoms. The van der Waals surface area contributed by atoms with Gasteiger partial charge >= 0.3 is 0 Å². The Morgan fingerprint density at radius 1 is 1.15 bits per heavy atom. The maximum Gasteiger partial charge on any atom is 0.106 e. The molecule has 0 unspecified atom stereocenters. The number of benzene rings is 1. The lowest BCUT2D eigenvalue weighted by atomic mass is 10.1. The van der Waals surface area contributed by atoms with Gasteiger partial charge in [-0.1, -0.05) is 30.3 Å². The van der Waals surface area contributed by atoms with Gasteiger partial charge in [-0.25, -0.2) is 4.98 Å². The lowest BCUT2D eigenvalue weighted by Crippen LogP contribution is -1.79. The van der Waals surface area contributed by atoms with Crippen molar-refractivity contribution in [3.05, 3.63) is 53.3 Å². The highest BCUT2D eigenvalue weighted by atomic mass is 79.9. The van der Waals surface area contributed by atoms with E-state index in [0.717, 1.165) is 15.7 Å². The van der Waals surface area contributed by atoms with E-state index in [2.05, 4.69) is 27.0 Å². The fourth-order valence-electron chi connectivity index (χ4n) is 1.11. The maximum absolute atomic E-state index is 4.15. The molecule has 1 aromatic heterocycles. The minimum atomic E-state index is 0.854.